The van der Waals surface area contributed by atoms with Crippen LogP contribution in [-0.4, -0.2) is 17.2 Å². The van der Waals surface area contributed by atoms with Gasteiger partial charge in [0, 0.05) is 0 Å². The first kappa shape index (κ1) is 31.6. The maximum atomic E-state index is 10.7. The van der Waals surface area contributed by atoms with Crippen molar-refractivity contribution >= 4 is 42.7 Å². The second-order valence-corrected chi connectivity index (χ2v) is 21.0. The average molecular weight is 612 g/mol. The Morgan fingerprint density at radius 2 is 0.821 bits per heavy atom. The van der Waals surface area contributed by atoms with Gasteiger partial charge in [-0.1, -0.05) is 0 Å². The van der Waals surface area contributed by atoms with Crippen molar-refractivity contribution in [3.8, 4) is 0 Å². The van der Waals surface area contributed by atoms with Crippen LogP contribution in [0.25, 0.3) is 0 Å². The van der Waals surface area contributed by atoms with Gasteiger partial charge in [0.15, 0.2) is 0 Å². The first-order chi connectivity index (χ1) is 18.4. The van der Waals surface area contributed by atoms with Crippen LogP contribution in [0.4, 0.5) is 0 Å². The van der Waals surface area contributed by atoms with Gasteiger partial charge < -0.3 is 0 Å². The van der Waals surface area contributed by atoms with Gasteiger partial charge in [0.25, 0.3) is 0 Å². The normalized spacial score (nSPS) is 12.7. The number of benzene rings is 3. The van der Waals surface area contributed by atoms with E-state index in [1.54, 1.807) is 0 Å². The van der Waals surface area contributed by atoms with E-state index in [1.165, 1.54) is 75.0 Å². The molecule has 0 bridgehead atoms. The molecule has 3 aromatic rings. The number of carboxylic acid groups (broad SMARTS) is 1. The van der Waals surface area contributed by atoms with Crippen molar-refractivity contribution in [1.82, 2.24) is 0 Å². The Morgan fingerprint density at radius 1 is 0.538 bits per heavy atom. The number of aliphatic carboxylic acids is 1. The number of carbonyl (C=O) groups is 1. The van der Waals surface area contributed by atoms with Gasteiger partial charge in [-0.3, -0.25) is 0 Å². The molecule has 0 spiro atoms. The molecule has 0 aromatic heterocycles. The second kappa shape index (κ2) is 13.6. The standard InChI is InChI=1S/C35H48BrO2P/c1-26-17-27(2)21-32(20-26)39(36,33-22-28(3)18-29(4)23-33,34-24-30(5)19-31(6)25-34)16-14-12-10-8-7-9-11-13-15-35(37)38/h17-25H,7-16H2,1-6H3,(H,37,38). The molecular formula is C35H48BrO2P. The van der Waals surface area contributed by atoms with Crippen LogP contribution < -0.4 is 15.9 Å². The molecule has 0 radical (unpaired) electrons. The summed E-state index contributed by atoms with van der Waals surface area (Å²) in [4.78, 5) is 10.7. The molecule has 0 fully saturated rings. The number of carboxylic acids is 1. The Morgan fingerprint density at radius 3 is 1.13 bits per heavy atom. The molecule has 0 unspecified atom stereocenters. The van der Waals surface area contributed by atoms with Gasteiger partial charge in [0.1, 0.15) is 0 Å². The van der Waals surface area contributed by atoms with E-state index >= 15 is 0 Å². The SMILES string of the molecule is Cc1cc(C)cc(P(Br)(CCCCCCCCCCC(=O)O)(c2cc(C)cc(C)c2)c2cc(C)cc(C)c2)c1. The quantitative estimate of drug-likeness (QED) is 0.146. The Kier molecular flexibility index (Phi) is 11.0. The van der Waals surface area contributed by atoms with Gasteiger partial charge in [-0.15, -0.1) is 0 Å². The topological polar surface area (TPSA) is 37.3 Å². The van der Waals surface area contributed by atoms with E-state index in [-0.39, 0.29) is 0 Å². The summed E-state index contributed by atoms with van der Waals surface area (Å²) in [6, 6.07) is 21.5. The van der Waals surface area contributed by atoms with Gasteiger partial charge in [-0.05, 0) is 0 Å². The Hall–Kier alpha value is -1.96. The van der Waals surface area contributed by atoms with Crippen LogP contribution in [0.1, 0.15) is 91.2 Å². The third-order valence-electron chi connectivity index (χ3n) is 7.95. The van der Waals surface area contributed by atoms with Crippen molar-refractivity contribution in [2.45, 2.75) is 99.3 Å². The molecule has 4 heteroatoms. The molecule has 1 N–H and O–H groups in total. The summed E-state index contributed by atoms with van der Waals surface area (Å²) in [6.45, 7) is 13.4. The van der Waals surface area contributed by atoms with Crippen LogP contribution in [0.3, 0.4) is 0 Å². The molecule has 0 atom stereocenters. The molecule has 212 valence electrons. The predicted molar refractivity (Wildman–Crippen MR) is 177 cm³/mol. The van der Waals surface area contributed by atoms with E-state index in [2.05, 4.69) is 96.1 Å². The number of rotatable bonds is 14. The summed E-state index contributed by atoms with van der Waals surface area (Å²) in [5.41, 5.74) is 7.89. The summed E-state index contributed by atoms with van der Waals surface area (Å²) < 4.78 is 0. The van der Waals surface area contributed by atoms with E-state index in [4.69, 9.17) is 20.6 Å². The average Bonchev–Trinajstić information content (AvgIpc) is 2.83. The van der Waals surface area contributed by atoms with Crippen LogP contribution in [0.2, 0.25) is 0 Å². The molecule has 0 saturated carbocycles. The Bertz CT molecular complexity index is 1110. The third-order valence-corrected chi connectivity index (χ3v) is 17.9. The summed E-state index contributed by atoms with van der Waals surface area (Å²) in [5, 5.41) is 10.2. The molecule has 3 aromatic carbocycles. The Balaban J connectivity index is 1.99. The Labute approximate surface area is 245 Å². The molecule has 0 heterocycles. The molecule has 2 nitrogen and oxygen atoms in total. The molecule has 0 amide bonds. The molecule has 39 heavy (non-hydrogen) atoms. The fraction of sp³-hybridized carbons (Fsp3) is 0.457. The van der Waals surface area contributed by atoms with Crippen molar-refractivity contribution in [1.29, 1.82) is 0 Å². The maximum absolute atomic E-state index is 10.7. The molecule has 0 saturated heterocycles. The summed E-state index contributed by atoms with van der Waals surface area (Å²) >= 11 is 4.73. The van der Waals surface area contributed by atoms with Crippen LogP contribution in [-0.2, 0) is 4.79 Å². The molecular weight excluding hydrogens is 563 g/mol. The number of halogens is 1. The van der Waals surface area contributed by atoms with E-state index in [0.29, 0.717) is 6.42 Å². The van der Waals surface area contributed by atoms with Gasteiger partial charge in [-0.2, -0.15) is 0 Å². The number of aryl methyl sites for hydroxylation is 6. The zero-order valence-electron chi connectivity index (χ0n) is 24.9. The summed E-state index contributed by atoms with van der Waals surface area (Å²) in [7, 11) is 0. The molecule has 3 rings (SSSR count). The van der Waals surface area contributed by atoms with Crippen molar-refractivity contribution < 1.29 is 9.90 Å². The minimum atomic E-state index is -2.98. The summed E-state index contributed by atoms with van der Waals surface area (Å²) in [5.74, 6) is -0.678. The van der Waals surface area contributed by atoms with Gasteiger partial charge in [0.2, 0.25) is 0 Å². The fourth-order valence-corrected chi connectivity index (χ4v) is 14.2. The van der Waals surface area contributed by atoms with E-state index in [0.717, 1.165) is 31.8 Å². The predicted octanol–water partition coefficient (Wildman–Crippen LogP) is 9.27. The fourth-order valence-electron chi connectivity index (χ4n) is 6.24. The van der Waals surface area contributed by atoms with E-state index in [9.17, 15) is 4.79 Å². The minimum absolute atomic E-state index is 0.299. The van der Waals surface area contributed by atoms with Crippen LogP contribution in [0.5, 0.6) is 0 Å². The number of hydrogen-bond acceptors (Lipinski definition) is 1. The first-order valence-corrected chi connectivity index (χ1v) is 19.1. The number of unbranched alkanes of at least 4 members (excludes halogenated alkanes) is 7. The molecule has 0 aliphatic carbocycles. The monoisotopic (exact) mass is 610 g/mol. The van der Waals surface area contributed by atoms with Crippen molar-refractivity contribution in [3.63, 3.8) is 0 Å². The van der Waals surface area contributed by atoms with E-state index in [1.807, 2.05) is 0 Å². The van der Waals surface area contributed by atoms with Crippen LogP contribution >= 0.6 is 20.8 Å². The third kappa shape index (κ3) is 7.83. The van der Waals surface area contributed by atoms with Gasteiger partial charge >= 0.3 is 246 Å². The van der Waals surface area contributed by atoms with Gasteiger partial charge in [0.05, 0.1) is 0 Å². The van der Waals surface area contributed by atoms with Crippen molar-refractivity contribution in [2.24, 2.45) is 0 Å². The van der Waals surface area contributed by atoms with E-state index < -0.39 is 11.3 Å². The zero-order valence-corrected chi connectivity index (χ0v) is 27.4. The van der Waals surface area contributed by atoms with Crippen molar-refractivity contribution in [3.05, 3.63) is 88.0 Å². The molecule has 0 aliphatic heterocycles. The van der Waals surface area contributed by atoms with Crippen LogP contribution in [0.15, 0.2) is 54.6 Å². The first-order valence-electron chi connectivity index (χ1n) is 14.6. The van der Waals surface area contributed by atoms with Crippen LogP contribution in [0, 0.1) is 41.5 Å². The zero-order chi connectivity index (χ0) is 28.7. The van der Waals surface area contributed by atoms with Crippen molar-refractivity contribution in [2.75, 3.05) is 6.16 Å². The number of hydrogen-bond donors (Lipinski definition) is 1. The van der Waals surface area contributed by atoms with Gasteiger partial charge in [-0.25, -0.2) is 0 Å². The second-order valence-electron chi connectivity index (χ2n) is 11.9. The summed E-state index contributed by atoms with van der Waals surface area (Å²) in [6.07, 6.45) is 10.4. The molecule has 0 aliphatic rings.